The van der Waals surface area contributed by atoms with Gasteiger partial charge in [-0.3, -0.25) is 4.79 Å². The smallest absolute Gasteiger partial charge is 0.244 e. The van der Waals surface area contributed by atoms with Crippen molar-refractivity contribution < 1.29 is 13.2 Å². The highest BCUT2D eigenvalue weighted by molar-refractivity contribution is 9.10. The number of rotatable bonds is 4. The van der Waals surface area contributed by atoms with Crippen molar-refractivity contribution in [1.29, 1.82) is 0 Å². The maximum Gasteiger partial charge on any atom is 0.244 e. The topological polar surface area (TPSA) is 83.7 Å². The summed E-state index contributed by atoms with van der Waals surface area (Å²) in [6.07, 6.45) is 0. The molecule has 0 aliphatic carbocycles. The van der Waals surface area contributed by atoms with Gasteiger partial charge in [0, 0.05) is 31.9 Å². The molecule has 0 saturated heterocycles. The number of hydrogen-bond acceptors (Lipinski definition) is 4. The third-order valence-corrected chi connectivity index (χ3v) is 5.77. The summed E-state index contributed by atoms with van der Waals surface area (Å²) < 4.78 is 26.0. The summed E-state index contributed by atoms with van der Waals surface area (Å²) in [5.41, 5.74) is 5.89. The van der Waals surface area contributed by atoms with Crippen molar-refractivity contribution in [2.24, 2.45) is 0 Å². The number of nitrogen functional groups attached to an aromatic ring is 1. The number of sulfonamides is 1. The molecule has 0 atom stereocenters. The Balaban J connectivity index is 3.21. The molecule has 6 nitrogen and oxygen atoms in total. The van der Waals surface area contributed by atoms with Gasteiger partial charge in [-0.1, -0.05) is 11.6 Å². The first kappa shape index (κ1) is 17.2. The van der Waals surface area contributed by atoms with Crippen molar-refractivity contribution in [3.05, 3.63) is 21.6 Å². The van der Waals surface area contributed by atoms with Crippen LogP contribution in [0.15, 0.2) is 21.5 Å². The summed E-state index contributed by atoms with van der Waals surface area (Å²) in [7, 11) is 0.554. The van der Waals surface area contributed by atoms with Gasteiger partial charge in [0.15, 0.2) is 0 Å². The fourth-order valence-electron chi connectivity index (χ4n) is 1.36. The van der Waals surface area contributed by atoms with Gasteiger partial charge in [-0.15, -0.1) is 0 Å². The van der Waals surface area contributed by atoms with Crippen molar-refractivity contribution in [2.75, 3.05) is 33.4 Å². The quantitative estimate of drug-likeness (QED) is 0.795. The van der Waals surface area contributed by atoms with Gasteiger partial charge in [-0.05, 0) is 28.1 Å². The zero-order valence-corrected chi connectivity index (χ0v) is 14.4. The zero-order chi connectivity index (χ0) is 15.7. The van der Waals surface area contributed by atoms with Crippen LogP contribution < -0.4 is 5.73 Å². The Hall–Kier alpha value is -0.830. The van der Waals surface area contributed by atoms with E-state index < -0.39 is 10.0 Å². The molecule has 1 aromatic rings. The highest BCUT2D eigenvalue weighted by Crippen LogP contribution is 2.32. The minimum absolute atomic E-state index is 0.0726. The molecule has 0 bridgehead atoms. The fraction of sp³-hybridized carbons (Fsp3) is 0.364. The first-order valence-electron chi connectivity index (χ1n) is 5.48. The summed E-state index contributed by atoms with van der Waals surface area (Å²) in [5.74, 6) is -0.331. The molecule has 9 heteroatoms. The van der Waals surface area contributed by atoms with Gasteiger partial charge in [0.05, 0.1) is 15.9 Å². The molecule has 0 aliphatic rings. The minimum Gasteiger partial charge on any atom is -0.398 e. The van der Waals surface area contributed by atoms with Gasteiger partial charge in [-0.2, -0.15) is 4.31 Å². The largest absolute Gasteiger partial charge is 0.398 e. The predicted octanol–water partition coefficient (Wildman–Crippen LogP) is 1.39. The van der Waals surface area contributed by atoms with Crippen molar-refractivity contribution in [1.82, 2.24) is 9.21 Å². The number of nitrogens with two attached hydrogens (primary N) is 1. The molecule has 20 heavy (non-hydrogen) atoms. The normalized spacial score (nSPS) is 11.7. The van der Waals surface area contributed by atoms with E-state index in [2.05, 4.69) is 15.9 Å². The third-order valence-electron chi connectivity index (χ3n) is 2.58. The maximum atomic E-state index is 12.4. The highest BCUT2D eigenvalue weighted by Gasteiger charge is 2.27. The Morgan fingerprint density at radius 1 is 1.35 bits per heavy atom. The van der Waals surface area contributed by atoms with Gasteiger partial charge in [0.25, 0.3) is 0 Å². The predicted molar refractivity (Wildman–Crippen MR) is 82.1 cm³/mol. The lowest BCUT2D eigenvalue weighted by molar-refractivity contribution is -0.128. The molecule has 0 saturated carbocycles. The molecule has 0 fully saturated rings. The molecule has 0 radical (unpaired) electrons. The van der Waals surface area contributed by atoms with Crippen molar-refractivity contribution in [3.63, 3.8) is 0 Å². The third kappa shape index (κ3) is 3.63. The monoisotopic (exact) mass is 383 g/mol. The molecule has 2 N–H and O–H groups in total. The summed E-state index contributed by atoms with van der Waals surface area (Å²) in [6.45, 7) is -0.270. The summed E-state index contributed by atoms with van der Waals surface area (Å²) in [4.78, 5) is 12.8. The van der Waals surface area contributed by atoms with Crippen LogP contribution >= 0.6 is 27.5 Å². The van der Waals surface area contributed by atoms with E-state index in [9.17, 15) is 13.2 Å². The number of nitrogens with zero attached hydrogens (tertiary/aromatic N) is 2. The van der Waals surface area contributed by atoms with E-state index in [4.69, 9.17) is 17.3 Å². The Bertz CT molecular complexity index is 634. The molecule has 1 amide bonds. The second-order valence-electron chi connectivity index (χ2n) is 4.36. The van der Waals surface area contributed by atoms with E-state index in [0.717, 1.165) is 4.31 Å². The minimum atomic E-state index is -3.87. The second-order valence-corrected chi connectivity index (χ2v) is 7.60. The lowest BCUT2D eigenvalue weighted by Crippen LogP contribution is -2.37. The molecule has 112 valence electrons. The molecule has 1 aromatic carbocycles. The molecule has 0 unspecified atom stereocenters. The molecule has 0 heterocycles. The van der Waals surface area contributed by atoms with E-state index in [1.165, 1.54) is 24.1 Å². The number of amides is 1. The SMILES string of the molecule is CN(C)C(=O)CN(C)S(=O)(=O)c1cc(Cl)cc(N)c1Br. The van der Waals surface area contributed by atoms with Crippen LogP contribution in [0.25, 0.3) is 0 Å². The first-order valence-corrected chi connectivity index (χ1v) is 8.09. The van der Waals surface area contributed by atoms with Gasteiger partial charge < -0.3 is 10.6 Å². The lowest BCUT2D eigenvalue weighted by atomic mass is 10.3. The van der Waals surface area contributed by atoms with Crippen LogP contribution in [0, 0.1) is 0 Å². The van der Waals surface area contributed by atoms with Gasteiger partial charge in [-0.25, -0.2) is 8.42 Å². The number of hydrogen-bond donors (Lipinski definition) is 1. The Morgan fingerprint density at radius 3 is 2.40 bits per heavy atom. The van der Waals surface area contributed by atoms with Crippen LogP contribution in [0.3, 0.4) is 0 Å². The number of benzene rings is 1. The molecule has 0 aliphatic heterocycles. The summed E-state index contributed by atoms with van der Waals surface area (Å²) >= 11 is 8.96. The standard InChI is InChI=1S/C11H15BrClN3O3S/c1-15(2)10(17)6-16(3)20(18,19)9-5-7(13)4-8(14)11(9)12/h4-5H,6,14H2,1-3H3. The first-order chi connectivity index (χ1) is 9.07. The fourth-order valence-corrected chi connectivity index (χ4v) is 3.73. The average Bonchev–Trinajstić information content (AvgIpc) is 2.33. The van der Waals surface area contributed by atoms with E-state index in [1.807, 2.05) is 0 Å². The van der Waals surface area contributed by atoms with E-state index in [0.29, 0.717) is 0 Å². The zero-order valence-electron chi connectivity index (χ0n) is 11.2. The van der Waals surface area contributed by atoms with E-state index >= 15 is 0 Å². The van der Waals surface area contributed by atoms with Gasteiger partial charge in [0.2, 0.25) is 15.9 Å². The number of halogens is 2. The molecule has 0 aromatic heterocycles. The Morgan fingerprint density at radius 2 is 1.90 bits per heavy atom. The number of carbonyl (C=O) groups is 1. The second kappa shape index (κ2) is 6.30. The summed E-state index contributed by atoms with van der Waals surface area (Å²) in [5, 5.41) is 0.205. The maximum absolute atomic E-state index is 12.4. The number of likely N-dealkylation sites (N-methyl/N-ethyl adjacent to an activating group) is 2. The molecular formula is C11H15BrClN3O3S. The highest BCUT2D eigenvalue weighted by atomic mass is 79.9. The molecule has 0 spiro atoms. The van der Waals surface area contributed by atoms with E-state index in [1.54, 1.807) is 14.1 Å². The van der Waals surface area contributed by atoms with Crippen LogP contribution in [0.2, 0.25) is 5.02 Å². The lowest BCUT2D eigenvalue weighted by Gasteiger charge is -2.20. The van der Waals surface area contributed by atoms with Crippen LogP contribution in [-0.4, -0.2) is 51.2 Å². The summed E-state index contributed by atoms with van der Waals surface area (Å²) in [6, 6.07) is 2.73. The molecule has 1 rings (SSSR count). The molecular weight excluding hydrogens is 370 g/mol. The van der Waals surface area contributed by atoms with E-state index in [-0.39, 0.29) is 32.5 Å². The van der Waals surface area contributed by atoms with Crippen molar-refractivity contribution in [3.8, 4) is 0 Å². The van der Waals surface area contributed by atoms with Gasteiger partial charge >= 0.3 is 0 Å². The van der Waals surface area contributed by atoms with Crippen molar-refractivity contribution in [2.45, 2.75) is 4.90 Å². The van der Waals surface area contributed by atoms with Crippen LogP contribution in [-0.2, 0) is 14.8 Å². The number of anilines is 1. The Labute approximate surface area is 131 Å². The van der Waals surface area contributed by atoms with Crippen LogP contribution in [0.1, 0.15) is 0 Å². The van der Waals surface area contributed by atoms with Crippen LogP contribution in [0.5, 0.6) is 0 Å². The number of carbonyl (C=O) groups excluding carboxylic acids is 1. The Kier molecular flexibility index (Phi) is 5.42. The van der Waals surface area contributed by atoms with Crippen LogP contribution in [0.4, 0.5) is 5.69 Å². The van der Waals surface area contributed by atoms with Gasteiger partial charge in [0.1, 0.15) is 0 Å². The van der Waals surface area contributed by atoms with Crippen molar-refractivity contribution >= 4 is 49.1 Å². The average molecular weight is 385 g/mol.